The van der Waals surface area contributed by atoms with Gasteiger partial charge in [-0.25, -0.2) is 0 Å². The fourth-order valence-electron chi connectivity index (χ4n) is 2.88. The third-order valence-corrected chi connectivity index (χ3v) is 5.30. The fourth-order valence-corrected chi connectivity index (χ4v) is 3.82. The van der Waals surface area contributed by atoms with Gasteiger partial charge in [-0.3, -0.25) is 4.79 Å². The van der Waals surface area contributed by atoms with Crippen LogP contribution in [-0.4, -0.2) is 17.3 Å². The van der Waals surface area contributed by atoms with Crippen molar-refractivity contribution >= 4 is 40.1 Å². The van der Waals surface area contributed by atoms with E-state index in [4.69, 9.17) is 11.6 Å². The van der Waals surface area contributed by atoms with E-state index in [0.29, 0.717) is 11.8 Å². The molecule has 1 aliphatic rings. The van der Waals surface area contributed by atoms with Crippen LogP contribution >= 0.6 is 34.2 Å². The van der Waals surface area contributed by atoms with E-state index in [0.717, 1.165) is 28.4 Å². The number of amides is 1. The van der Waals surface area contributed by atoms with Crippen LogP contribution in [0.15, 0.2) is 24.3 Å². The van der Waals surface area contributed by atoms with Gasteiger partial charge in [0.1, 0.15) is 0 Å². The highest BCUT2D eigenvalue weighted by Crippen LogP contribution is 2.33. The molecule has 0 aliphatic heterocycles. The normalized spacial score (nSPS) is 27.0. The third-order valence-electron chi connectivity index (χ3n) is 3.84. The first-order valence-electron chi connectivity index (χ1n) is 6.69. The van der Waals surface area contributed by atoms with E-state index < -0.39 is 0 Å². The van der Waals surface area contributed by atoms with Crippen LogP contribution in [0.2, 0.25) is 0 Å². The number of hydrogen-bond donors (Lipinski definition) is 1. The summed E-state index contributed by atoms with van der Waals surface area (Å²) < 4.78 is 0.978. The Balaban J connectivity index is 2.14. The van der Waals surface area contributed by atoms with Gasteiger partial charge in [-0.15, -0.1) is 11.6 Å². The minimum Gasteiger partial charge on any atom is -0.345 e. The summed E-state index contributed by atoms with van der Waals surface area (Å²) in [4.78, 5) is 12.4. The van der Waals surface area contributed by atoms with Crippen molar-refractivity contribution in [1.29, 1.82) is 0 Å². The summed E-state index contributed by atoms with van der Waals surface area (Å²) in [6.45, 7) is 2.24. The maximum Gasteiger partial charge on any atom is 0.252 e. The summed E-state index contributed by atoms with van der Waals surface area (Å²) in [6, 6.07) is 7.66. The molecule has 104 valence electrons. The summed E-state index contributed by atoms with van der Waals surface area (Å²) in [7, 11) is 0. The molecule has 1 amide bonds. The van der Waals surface area contributed by atoms with Crippen LogP contribution in [0.25, 0.3) is 0 Å². The summed E-state index contributed by atoms with van der Waals surface area (Å²) in [5.74, 6) is 1.12. The molecule has 1 saturated carbocycles. The second-order valence-corrected chi connectivity index (χ2v) is 6.98. The Morgan fingerprint density at radius 1 is 1.53 bits per heavy atom. The van der Waals surface area contributed by atoms with Crippen molar-refractivity contribution in [3.05, 3.63) is 33.4 Å². The number of carbonyl (C=O) groups excluding carboxylic acids is 1. The Morgan fingerprint density at radius 2 is 2.26 bits per heavy atom. The summed E-state index contributed by atoms with van der Waals surface area (Å²) in [6.07, 6.45) is 4.33. The van der Waals surface area contributed by atoms with Gasteiger partial charge in [0, 0.05) is 9.45 Å². The number of nitrogens with one attached hydrogen (secondary N) is 1. The molecule has 19 heavy (non-hydrogen) atoms. The molecule has 0 heterocycles. The van der Waals surface area contributed by atoms with E-state index in [1.807, 2.05) is 24.3 Å². The average Bonchev–Trinajstić information content (AvgIpc) is 2.39. The molecule has 2 nitrogen and oxygen atoms in total. The van der Waals surface area contributed by atoms with Gasteiger partial charge < -0.3 is 5.32 Å². The SMILES string of the molecule is CC1CCCC(CCl)(NC(=O)c2ccccc2I)C1. The maximum atomic E-state index is 12.4. The Morgan fingerprint density at radius 3 is 2.89 bits per heavy atom. The van der Waals surface area contributed by atoms with Crippen molar-refractivity contribution in [3.63, 3.8) is 0 Å². The quantitative estimate of drug-likeness (QED) is 0.607. The standard InChI is InChI=1S/C15H19ClINO/c1-11-5-4-8-15(9-11,10-16)18-14(19)12-6-2-3-7-13(12)17/h2-3,6-7,11H,4-5,8-10H2,1H3,(H,18,19). The highest BCUT2D eigenvalue weighted by molar-refractivity contribution is 14.1. The zero-order valence-electron chi connectivity index (χ0n) is 11.1. The molecule has 1 aromatic carbocycles. The Hall–Kier alpha value is -0.290. The highest BCUT2D eigenvalue weighted by atomic mass is 127. The van der Waals surface area contributed by atoms with Crippen molar-refractivity contribution in [1.82, 2.24) is 5.32 Å². The second kappa shape index (κ2) is 6.44. The first-order chi connectivity index (χ1) is 9.06. The van der Waals surface area contributed by atoms with Crippen molar-refractivity contribution < 1.29 is 4.79 Å². The molecular formula is C15H19ClINO. The predicted molar refractivity (Wildman–Crippen MR) is 87.7 cm³/mol. The molecule has 4 heteroatoms. The zero-order valence-corrected chi connectivity index (χ0v) is 14.0. The molecule has 0 aromatic heterocycles. The second-order valence-electron chi connectivity index (χ2n) is 5.55. The van der Waals surface area contributed by atoms with E-state index in [1.54, 1.807) is 0 Å². The molecule has 0 bridgehead atoms. The van der Waals surface area contributed by atoms with Crippen LogP contribution in [-0.2, 0) is 0 Å². The van der Waals surface area contributed by atoms with Gasteiger partial charge in [-0.1, -0.05) is 31.9 Å². The number of carbonyl (C=O) groups is 1. The molecule has 1 fully saturated rings. The number of hydrogen-bond acceptors (Lipinski definition) is 1. The predicted octanol–water partition coefficient (Wildman–Crippen LogP) is 4.21. The minimum absolute atomic E-state index is 0.000231. The topological polar surface area (TPSA) is 29.1 Å². The lowest BCUT2D eigenvalue weighted by atomic mass is 9.77. The van der Waals surface area contributed by atoms with Crippen molar-refractivity contribution in [3.8, 4) is 0 Å². The van der Waals surface area contributed by atoms with Crippen LogP contribution in [0.5, 0.6) is 0 Å². The van der Waals surface area contributed by atoms with Gasteiger partial charge in [0.25, 0.3) is 5.91 Å². The largest absolute Gasteiger partial charge is 0.345 e. The Labute approximate surface area is 133 Å². The smallest absolute Gasteiger partial charge is 0.252 e. The van der Waals surface area contributed by atoms with Crippen LogP contribution in [0.1, 0.15) is 43.0 Å². The molecule has 2 unspecified atom stereocenters. The number of halogens is 2. The maximum absolute atomic E-state index is 12.4. The summed E-state index contributed by atoms with van der Waals surface area (Å²) >= 11 is 8.35. The minimum atomic E-state index is -0.227. The lowest BCUT2D eigenvalue weighted by Gasteiger charge is -2.39. The highest BCUT2D eigenvalue weighted by Gasteiger charge is 2.35. The molecule has 1 aliphatic carbocycles. The fraction of sp³-hybridized carbons (Fsp3) is 0.533. The molecule has 0 radical (unpaired) electrons. The third kappa shape index (κ3) is 3.63. The molecule has 0 spiro atoms. The number of rotatable bonds is 3. The number of benzene rings is 1. The molecule has 0 saturated heterocycles. The Kier molecular flexibility index (Phi) is 5.12. The van der Waals surface area contributed by atoms with Crippen LogP contribution < -0.4 is 5.32 Å². The monoisotopic (exact) mass is 391 g/mol. The molecule has 1 aromatic rings. The first-order valence-corrected chi connectivity index (χ1v) is 8.31. The molecule has 1 N–H and O–H groups in total. The van der Waals surface area contributed by atoms with Crippen molar-refractivity contribution in [2.24, 2.45) is 5.92 Å². The van der Waals surface area contributed by atoms with Gasteiger partial charge in [0.05, 0.1) is 11.1 Å². The lowest BCUT2D eigenvalue weighted by molar-refractivity contribution is 0.0866. The van der Waals surface area contributed by atoms with E-state index in [2.05, 4.69) is 34.8 Å². The van der Waals surface area contributed by atoms with Gasteiger partial charge in [0.2, 0.25) is 0 Å². The van der Waals surface area contributed by atoms with E-state index in [-0.39, 0.29) is 11.4 Å². The van der Waals surface area contributed by atoms with E-state index in [1.165, 1.54) is 6.42 Å². The summed E-state index contributed by atoms with van der Waals surface area (Å²) in [5.41, 5.74) is 0.515. The Bertz CT molecular complexity index is 465. The molecular weight excluding hydrogens is 373 g/mol. The van der Waals surface area contributed by atoms with Gasteiger partial charge in [-0.05, 0) is 53.5 Å². The molecule has 2 atom stereocenters. The van der Waals surface area contributed by atoms with E-state index in [9.17, 15) is 4.79 Å². The zero-order chi connectivity index (χ0) is 13.9. The summed E-state index contributed by atoms with van der Waals surface area (Å²) in [5, 5.41) is 3.19. The first kappa shape index (κ1) is 15.1. The van der Waals surface area contributed by atoms with Gasteiger partial charge in [0.15, 0.2) is 0 Å². The van der Waals surface area contributed by atoms with Crippen LogP contribution in [0.3, 0.4) is 0 Å². The van der Waals surface area contributed by atoms with Gasteiger partial charge in [-0.2, -0.15) is 0 Å². The lowest BCUT2D eigenvalue weighted by Crippen LogP contribution is -2.52. The van der Waals surface area contributed by atoms with E-state index >= 15 is 0 Å². The van der Waals surface area contributed by atoms with Crippen LogP contribution in [0, 0.1) is 9.49 Å². The average molecular weight is 392 g/mol. The van der Waals surface area contributed by atoms with Gasteiger partial charge >= 0.3 is 0 Å². The van der Waals surface area contributed by atoms with Crippen molar-refractivity contribution in [2.45, 2.75) is 38.1 Å². The molecule has 2 rings (SSSR count). The van der Waals surface area contributed by atoms with Crippen LogP contribution in [0.4, 0.5) is 0 Å². The number of alkyl halides is 1. The van der Waals surface area contributed by atoms with Crippen molar-refractivity contribution in [2.75, 3.05) is 5.88 Å².